The molecule has 1 fully saturated rings. The normalized spacial score (nSPS) is 14.7. The SMILES string of the molecule is Cc1cc(F)cc2c(=O)c(C(=O)N3CCNCC3)c[nH]c12.Cl. The zero-order chi connectivity index (χ0) is 15.0. The summed E-state index contributed by atoms with van der Waals surface area (Å²) >= 11 is 0. The molecule has 1 aromatic carbocycles. The molecule has 0 unspecified atom stereocenters. The van der Waals surface area contributed by atoms with E-state index in [0.717, 1.165) is 0 Å². The number of fused-ring (bicyclic) bond motifs is 1. The number of halogens is 2. The minimum atomic E-state index is -0.475. The lowest BCUT2D eigenvalue weighted by molar-refractivity contribution is 0.0734. The fourth-order valence-electron chi connectivity index (χ4n) is 2.67. The number of piperazine rings is 1. The Hall–Kier alpha value is -1.92. The smallest absolute Gasteiger partial charge is 0.259 e. The van der Waals surface area contributed by atoms with E-state index in [2.05, 4.69) is 10.3 Å². The van der Waals surface area contributed by atoms with Gasteiger partial charge < -0.3 is 15.2 Å². The van der Waals surface area contributed by atoms with E-state index in [0.29, 0.717) is 37.3 Å². The maximum atomic E-state index is 13.5. The predicted octanol–water partition coefficient (Wildman–Crippen LogP) is 1.44. The van der Waals surface area contributed by atoms with E-state index in [1.807, 2.05) is 0 Å². The summed E-state index contributed by atoms with van der Waals surface area (Å²) < 4.78 is 13.5. The highest BCUT2D eigenvalue weighted by atomic mass is 35.5. The second kappa shape index (κ2) is 6.46. The number of benzene rings is 1. The zero-order valence-electron chi connectivity index (χ0n) is 12.1. The van der Waals surface area contributed by atoms with E-state index < -0.39 is 11.2 Å². The van der Waals surface area contributed by atoms with Crippen LogP contribution in [0.2, 0.25) is 0 Å². The lowest BCUT2D eigenvalue weighted by atomic mass is 10.1. The molecule has 5 nitrogen and oxygen atoms in total. The van der Waals surface area contributed by atoms with Gasteiger partial charge in [0.05, 0.1) is 5.52 Å². The standard InChI is InChI=1S/C15H16FN3O2.ClH/c1-9-6-10(16)7-11-13(9)18-8-12(14(11)20)15(21)19-4-2-17-3-5-19;/h6-8,17H,2-5H2,1H3,(H,18,20);1H. The first-order chi connectivity index (χ1) is 10.1. The Kier molecular flexibility index (Phi) is 4.83. The molecule has 1 amide bonds. The lowest BCUT2D eigenvalue weighted by Crippen LogP contribution is -2.47. The van der Waals surface area contributed by atoms with Crippen molar-refractivity contribution in [1.82, 2.24) is 15.2 Å². The molecule has 0 aliphatic carbocycles. The van der Waals surface area contributed by atoms with Crippen molar-refractivity contribution < 1.29 is 9.18 Å². The van der Waals surface area contributed by atoms with Gasteiger partial charge in [0.25, 0.3) is 5.91 Å². The number of carbonyl (C=O) groups is 1. The van der Waals surface area contributed by atoms with Gasteiger partial charge in [0.2, 0.25) is 5.43 Å². The van der Waals surface area contributed by atoms with Crippen LogP contribution >= 0.6 is 12.4 Å². The minimum Gasteiger partial charge on any atom is -0.360 e. The van der Waals surface area contributed by atoms with E-state index in [1.165, 1.54) is 18.3 Å². The number of pyridine rings is 1. The molecular weight excluding hydrogens is 309 g/mol. The number of carbonyl (C=O) groups excluding carboxylic acids is 1. The van der Waals surface area contributed by atoms with Crippen molar-refractivity contribution in [3.05, 3.63) is 45.5 Å². The number of aromatic nitrogens is 1. The fourth-order valence-corrected chi connectivity index (χ4v) is 2.67. The molecule has 0 bridgehead atoms. The van der Waals surface area contributed by atoms with Crippen molar-refractivity contribution in [1.29, 1.82) is 0 Å². The van der Waals surface area contributed by atoms with Crippen LogP contribution in [-0.4, -0.2) is 42.0 Å². The number of H-pyrrole nitrogens is 1. The monoisotopic (exact) mass is 325 g/mol. The third-order valence-electron chi connectivity index (χ3n) is 3.79. The number of nitrogens with zero attached hydrogens (tertiary/aromatic N) is 1. The molecule has 22 heavy (non-hydrogen) atoms. The highest BCUT2D eigenvalue weighted by Gasteiger charge is 2.21. The number of rotatable bonds is 1. The predicted molar refractivity (Wildman–Crippen MR) is 85.3 cm³/mol. The maximum absolute atomic E-state index is 13.5. The van der Waals surface area contributed by atoms with E-state index in [1.54, 1.807) is 11.8 Å². The van der Waals surface area contributed by atoms with Gasteiger partial charge in [0.1, 0.15) is 11.4 Å². The quantitative estimate of drug-likeness (QED) is 0.834. The van der Waals surface area contributed by atoms with Crippen LogP contribution in [0.15, 0.2) is 23.1 Å². The molecule has 0 atom stereocenters. The van der Waals surface area contributed by atoms with Gasteiger partial charge in [0.15, 0.2) is 0 Å². The van der Waals surface area contributed by atoms with Gasteiger partial charge in [0, 0.05) is 37.8 Å². The van der Waals surface area contributed by atoms with Crippen LogP contribution in [0, 0.1) is 12.7 Å². The summed E-state index contributed by atoms with van der Waals surface area (Å²) in [5.41, 5.74) is 0.853. The van der Waals surface area contributed by atoms with Crippen LogP contribution in [0.25, 0.3) is 10.9 Å². The van der Waals surface area contributed by atoms with Gasteiger partial charge >= 0.3 is 0 Å². The number of nitrogens with one attached hydrogen (secondary N) is 2. The Bertz CT molecular complexity index is 769. The van der Waals surface area contributed by atoms with Gasteiger partial charge in [-0.3, -0.25) is 9.59 Å². The van der Waals surface area contributed by atoms with Gasteiger partial charge in [-0.25, -0.2) is 4.39 Å². The van der Waals surface area contributed by atoms with Gasteiger partial charge in [-0.2, -0.15) is 0 Å². The summed E-state index contributed by atoms with van der Waals surface area (Å²) in [5.74, 6) is -0.779. The minimum absolute atomic E-state index is 0. The van der Waals surface area contributed by atoms with E-state index >= 15 is 0 Å². The van der Waals surface area contributed by atoms with Crippen molar-refractivity contribution in [2.24, 2.45) is 0 Å². The third-order valence-corrected chi connectivity index (χ3v) is 3.79. The molecule has 7 heteroatoms. The number of aryl methyl sites for hydroxylation is 1. The first-order valence-corrected chi connectivity index (χ1v) is 6.89. The summed E-state index contributed by atoms with van der Waals surface area (Å²) in [4.78, 5) is 29.5. The molecule has 1 aliphatic rings. The van der Waals surface area contributed by atoms with Gasteiger partial charge in [-0.05, 0) is 24.6 Å². The summed E-state index contributed by atoms with van der Waals surface area (Å²) in [6, 6.07) is 2.53. The Balaban J connectivity index is 0.00000176. The highest BCUT2D eigenvalue weighted by Crippen LogP contribution is 2.16. The highest BCUT2D eigenvalue weighted by molar-refractivity contribution is 5.97. The molecular formula is C15H17ClFN3O2. The Labute approximate surface area is 132 Å². The lowest BCUT2D eigenvalue weighted by Gasteiger charge is -2.27. The first kappa shape index (κ1) is 16.5. The van der Waals surface area contributed by atoms with Gasteiger partial charge in [-0.15, -0.1) is 12.4 Å². The Morgan fingerprint density at radius 2 is 1.95 bits per heavy atom. The van der Waals surface area contributed by atoms with Crippen molar-refractivity contribution in [2.45, 2.75) is 6.92 Å². The molecule has 118 valence electrons. The molecule has 2 heterocycles. The molecule has 2 N–H and O–H groups in total. The van der Waals surface area contributed by atoms with E-state index in [-0.39, 0.29) is 29.3 Å². The summed E-state index contributed by atoms with van der Waals surface area (Å²) in [5, 5.41) is 3.37. The van der Waals surface area contributed by atoms with E-state index in [4.69, 9.17) is 0 Å². The number of hydrogen-bond donors (Lipinski definition) is 2. The third kappa shape index (κ3) is 2.84. The summed E-state index contributed by atoms with van der Waals surface area (Å²) in [6.45, 7) is 4.28. The second-order valence-corrected chi connectivity index (χ2v) is 5.22. The van der Waals surface area contributed by atoms with Crippen LogP contribution in [0.1, 0.15) is 15.9 Å². The molecule has 2 aromatic rings. The Morgan fingerprint density at radius 3 is 2.64 bits per heavy atom. The topological polar surface area (TPSA) is 65.2 Å². The Morgan fingerprint density at radius 1 is 1.27 bits per heavy atom. The van der Waals surface area contributed by atoms with E-state index in [9.17, 15) is 14.0 Å². The van der Waals surface area contributed by atoms with Crippen LogP contribution in [0.3, 0.4) is 0 Å². The molecule has 0 spiro atoms. The molecule has 1 aliphatic heterocycles. The van der Waals surface area contributed by atoms with Crippen molar-refractivity contribution in [3.8, 4) is 0 Å². The number of hydrogen-bond acceptors (Lipinski definition) is 3. The molecule has 0 saturated carbocycles. The number of amides is 1. The van der Waals surface area contributed by atoms with Crippen molar-refractivity contribution in [2.75, 3.05) is 26.2 Å². The van der Waals surface area contributed by atoms with Crippen LogP contribution in [0.4, 0.5) is 4.39 Å². The van der Waals surface area contributed by atoms with Crippen LogP contribution < -0.4 is 10.7 Å². The first-order valence-electron chi connectivity index (χ1n) is 6.89. The average Bonchev–Trinajstić information content (AvgIpc) is 2.48. The second-order valence-electron chi connectivity index (χ2n) is 5.22. The molecule has 1 saturated heterocycles. The van der Waals surface area contributed by atoms with Crippen LogP contribution in [-0.2, 0) is 0 Å². The maximum Gasteiger partial charge on any atom is 0.259 e. The molecule has 3 rings (SSSR count). The van der Waals surface area contributed by atoms with Gasteiger partial charge in [-0.1, -0.05) is 0 Å². The fraction of sp³-hybridized carbons (Fsp3) is 0.333. The zero-order valence-corrected chi connectivity index (χ0v) is 12.9. The summed E-state index contributed by atoms with van der Waals surface area (Å²) in [7, 11) is 0. The molecule has 0 radical (unpaired) electrons. The average molecular weight is 326 g/mol. The number of aromatic amines is 1. The van der Waals surface area contributed by atoms with Crippen molar-refractivity contribution in [3.63, 3.8) is 0 Å². The van der Waals surface area contributed by atoms with Crippen LogP contribution in [0.5, 0.6) is 0 Å². The molecule has 1 aromatic heterocycles. The van der Waals surface area contributed by atoms with Crippen molar-refractivity contribution >= 4 is 29.2 Å². The largest absolute Gasteiger partial charge is 0.360 e. The summed E-state index contributed by atoms with van der Waals surface area (Å²) in [6.07, 6.45) is 1.43.